The van der Waals surface area contributed by atoms with Gasteiger partial charge >= 0.3 is 0 Å². The zero-order valence-electron chi connectivity index (χ0n) is 11.8. The lowest BCUT2D eigenvalue weighted by Crippen LogP contribution is -2.28. The quantitative estimate of drug-likeness (QED) is 0.868. The fraction of sp³-hybridized carbons (Fsp3) is 0.467. The smallest absolute Gasteiger partial charge is 0.150 e. The lowest BCUT2D eigenvalue weighted by Gasteiger charge is -2.23. The van der Waals surface area contributed by atoms with Gasteiger partial charge < -0.3 is 5.32 Å². The molecule has 2 aromatic rings. The van der Waals surface area contributed by atoms with E-state index in [-0.39, 0.29) is 12.0 Å². The van der Waals surface area contributed by atoms with Gasteiger partial charge in [0.05, 0.1) is 11.5 Å². The average molecular weight is 388 g/mol. The number of halogens is 1. The Labute approximate surface area is 137 Å². The van der Waals surface area contributed by atoms with E-state index < -0.39 is 9.84 Å². The summed E-state index contributed by atoms with van der Waals surface area (Å²) >= 11 is 5.31. The minimum Gasteiger partial charge on any atom is -0.310 e. The first-order valence-electron chi connectivity index (χ1n) is 7.11. The fourth-order valence-electron chi connectivity index (χ4n) is 3.12. The summed E-state index contributed by atoms with van der Waals surface area (Å²) in [6, 6.07) is 6.33. The van der Waals surface area contributed by atoms with Gasteiger partial charge in [0.2, 0.25) is 0 Å². The lowest BCUT2D eigenvalue weighted by atomic mass is 9.92. The first-order chi connectivity index (χ1) is 10.0. The summed E-state index contributed by atoms with van der Waals surface area (Å²) in [5.74, 6) is 0.799. The van der Waals surface area contributed by atoms with Crippen LogP contribution in [0.2, 0.25) is 0 Å². The highest BCUT2D eigenvalue weighted by Gasteiger charge is 2.35. The van der Waals surface area contributed by atoms with Crippen molar-refractivity contribution >= 4 is 47.2 Å². The van der Waals surface area contributed by atoms with Crippen LogP contribution in [0.4, 0.5) is 0 Å². The molecule has 3 rings (SSSR count). The van der Waals surface area contributed by atoms with Gasteiger partial charge in [0.15, 0.2) is 9.84 Å². The molecule has 2 atom stereocenters. The van der Waals surface area contributed by atoms with Crippen LogP contribution in [0, 0.1) is 5.92 Å². The molecule has 21 heavy (non-hydrogen) atoms. The molecule has 114 valence electrons. The zero-order valence-corrected chi connectivity index (χ0v) is 15.0. The molecule has 6 heteroatoms. The molecule has 1 fully saturated rings. The number of thiophene rings is 1. The number of benzene rings is 1. The largest absolute Gasteiger partial charge is 0.310 e. The summed E-state index contributed by atoms with van der Waals surface area (Å²) in [5, 5.41) is 6.90. The van der Waals surface area contributed by atoms with Gasteiger partial charge in [-0.1, -0.05) is 19.1 Å². The van der Waals surface area contributed by atoms with Crippen LogP contribution in [0.5, 0.6) is 0 Å². The van der Waals surface area contributed by atoms with Crippen molar-refractivity contribution in [2.45, 2.75) is 19.4 Å². The molecule has 3 nitrogen and oxygen atoms in total. The van der Waals surface area contributed by atoms with Crippen LogP contribution in [0.15, 0.2) is 28.1 Å². The Bertz CT molecular complexity index is 754. The maximum absolute atomic E-state index is 11.8. The van der Waals surface area contributed by atoms with Crippen molar-refractivity contribution in [3.8, 4) is 0 Å². The molecule has 1 saturated heterocycles. The molecule has 0 spiro atoms. The predicted octanol–water partition coefficient (Wildman–Crippen LogP) is 3.75. The van der Waals surface area contributed by atoms with Crippen molar-refractivity contribution in [1.29, 1.82) is 0 Å². The Morgan fingerprint density at radius 1 is 1.48 bits per heavy atom. The second kappa shape index (κ2) is 5.99. The summed E-state index contributed by atoms with van der Waals surface area (Å²) in [5.41, 5.74) is 1.24. The Morgan fingerprint density at radius 3 is 2.95 bits per heavy atom. The number of hydrogen-bond donors (Lipinski definition) is 1. The topological polar surface area (TPSA) is 46.2 Å². The fourth-order valence-corrected chi connectivity index (χ4v) is 6.62. The van der Waals surface area contributed by atoms with E-state index in [2.05, 4.69) is 39.6 Å². The Morgan fingerprint density at radius 2 is 2.29 bits per heavy atom. The number of sulfone groups is 1. The van der Waals surface area contributed by atoms with Crippen LogP contribution in [0.25, 0.3) is 10.1 Å². The van der Waals surface area contributed by atoms with E-state index in [4.69, 9.17) is 0 Å². The third kappa shape index (κ3) is 3.04. The van der Waals surface area contributed by atoms with Crippen molar-refractivity contribution in [3.05, 3.63) is 33.6 Å². The third-order valence-corrected chi connectivity index (χ3v) is 7.84. The monoisotopic (exact) mass is 387 g/mol. The van der Waals surface area contributed by atoms with Gasteiger partial charge in [-0.15, -0.1) is 11.3 Å². The molecule has 2 unspecified atom stereocenters. The lowest BCUT2D eigenvalue weighted by molar-refractivity contribution is 0.403. The number of rotatable bonds is 4. The Kier molecular flexibility index (Phi) is 4.41. The maximum Gasteiger partial charge on any atom is 0.150 e. The van der Waals surface area contributed by atoms with Crippen LogP contribution in [0.1, 0.15) is 24.9 Å². The standard InChI is InChI=1S/C15H18BrNO2S2/c1-2-17-14(10-6-7-21(18,19)9-10)12-8-20-15-11(12)4-3-5-13(15)16/h3-5,8,10,14,17H,2,6-7,9H2,1H3. The molecule has 1 aliphatic rings. The highest BCUT2D eigenvalue weighted by Crippen LogP contribution is 2.39. The molecule has 0 radical (unpaired) electrons. The zero-order chi connectivity index (χ0) is 15.0. The third-order valence-electron chi connectivity index (χ3n) is 4.08. The van der Waals surface area contributed by atoms with E-state index in [1.54, 1.807) is 11.3 Å². The summed E-state index contributed by atoms with van der Waals surface area (Å²) < 4.78 is 25.9. The number of fused-ring (bicyclic) bond motifs is 1. The van der Waals surface area contributed by atoms with E-state index in [1.165, 1.54) is 15.6 Å². The molecule has 2 heterocycles. The van der Waals surface area contributed by atoms with Crippen LogP contribution in [-0.4, -0.2) is 26.5 Å². The van der Waals surface area contributed by atoms with Crippen LogP contribution in [0.3, 0.4) is 0 Å². The summed E-state index contributed by atoms with van der Waals surface area (Å²) in [6.45, 7) is 2.91. The summed E-state index contributed by atoms with van der Waals surface area (Å²) in [4.78, 5) is 0. The Hall–Kier alpha value is -0.430. The van der Waals surface area contributed by atoms with E-state index in [9.17, 15) is 8.42 Å². The summed E-state index contributed by atoms with van der Waals surface area (Å²) in [7, 11) is -2.86. The van der Waals surface area contributed by atoms with E-state index in [0.717, 1.165) is 17.4 Å². The van der Waals surface area contributed by atoms with Gasteiger partial charge in [-0.25, -0.2) is 8.42 Å². The van der Waals surface area contributed by atoms with Crippen molar-refractivity contribution in [2.24, 2.45) is 5.92 Å². The molecule has 0 amide bonds. The average Bonchev–Trinajstić information content (AvgIpc) is 3.01. The Balaban J connectivity index is 2.02. The molecular formula is C15H18BrNO2S2. The minimum absolute atomic E-state index is 0.121. The first kappa shape index (κ1) is 15.5. The molecule has 1 N–H and O–H groups in total. The number of nitrogens with one attached hydrogen (secondary N) is 1. The highest BCUT2D eigenvalue weighted by molar-refractivity contribution is 9.10. The van der Waals surface area contributed by atoms with Gasteiger partial charge in [-0.2, -0.15) is 0 Å². The first-order valence-corrected chi connectivity index (χ1v) is 10.6. The van der Waals surface area contributed by atoms with E-state index in [0.29, 0.717) is 11.5 Å². The normalized spacial score (nSPS) is 22.7. The minimum atomic E-state index is -2.86. The number of hydrogen-bond acceptors (Lipinski definition) is 4. The van der Waals surface area contributed by atoms with Gasteiger partial charge in [0, 0.05) is 15.2 Å². The molecule has 0 saturated carbocycles. The maximum atomic E-state index is 11.8. The summed E-state index contributed by atoms with van der Waals surface area (Å²) in [6.07, 6.45) is 0.755. The molecular weight excluding hydrogens is 370 g/mol. The second-order valence-electron chi connectivity index (χ2n) is 5.51. The van der Waals surface area contributed by atoms with Gasteiger partial charge in [0.25, 0.3) is 0 Å². The van der Waals surface area contributed by atoms with Gasteiger partial charge in [0.1, 0.15) is 0 Å². The van der Waals surface area contributed by atoms with Crippen molar-refractivity contribution in [1.82, 2.24) is 5.32 Å². The van der Waals surface area contributed by atoms with E-state index in [1.807, 2.05) is 12.1 Å². The van der Waals surface area contributed by atoms with E-state index >= 15 is 0 Å². The van der Waals surface area contributed by atoms with Crippen molar-refractivity contribution in [3.63, 3.8) is 0 Å². The molecule has 1 aromatic carbocycles. The van der Waals surface area contributed by atoms with Crippen LogP contribution < -0.4 is 5.32 Å². The van der Waals surface area contributed by atoms with Crippen LogP contribution >= 0.6 is 27.3 Å². The second-order valence-corrected chi connectivity index (χ2v) is 9.47. The van der Waals surface area contributed by atoms with Crippen molar-refractivity contribution in [2.75, 3.05) is 18.1 Å². The SMILES string of the molecule is CCNC(c1csc2c(Br)cccc12)C1CCS(=O)(=O)C1. The van der Waals surface area contributed by atoms with Crippen molar-refractivity contribution < 1.29 is 8.42 Å². The van der Waals surface area contributed by atoms with Gasteiger partial charge in [-0.05, 0) is 57.2 Å². The molecule has 1 aliphatic heterocycles. The van der Waals surface area contributed by atoms with Crippen LogP contribution in [-0.2, 0) is 9.84 Å². The van der Waals surface area contributed by atoms with Gasteiger partial charge in [-0.3, -0.25) is 0 Å². The predicted molar refractivity (Wildman–Crippen MR) is 92.7 cm³/mol. The molecule has 0 aliphatic carbocycles. The molecule has 0 bridgehead atoms. The highest BCUT2D eigenvalue weighted by atomic mass is 79.9. The molecule has 1 aromatic heterocycles.